The first-order valence-electron chi connectivity index (χ1n) is 8.25. The molecular formula is C18H17N5O3S. The molecule has 9 heteroatoms. The van der Waals surface area contributed by atoms with Crippen LogP contribution in [0, 0.1) is 6.92 Å². The first-order valence-corrected chi connectivity index (χ1v) is 9.23. The van der Waals surface area contributed by atoms with E-state index in [-0.39, 0.29) is 0 Å². The number of ether oxygens (including phenoxy) is 1. The minimum atomic E-state index is 0.523. The number of methoxy groups -OCH3 is 1. The van der Waals surface area contributed by atoms with Crippen LogP contribution in [0.5, 0.6) is 5.75 Å². The number of furan rings is 1. The van der Waals surface area contributed by atoms with Gasteiger partial charge in [0.25, 0.3) is 0 Å². The lowest BCUT2D eigenvalue weighted by Crippen LogP contribution is -2.03. The van der Waals surface area contributed by atoms with E-state index in [1.807, 2.05) is 41.0 Å². The summed E-state index contributed by atoms with van der Waals surface area (Å²) in [5.74, 6) is 4.06. The molecule has 1 aromatic carbocycles. The molecule has 0 N–H and O–H groups in total. The van der Waals surface area contributed by atoms with Gasteiger partial charge in [0.1, 0.15) is 11.5 Å². The molecule has 0 unspecified atom stereocenters. The molecule has 0 saturated heterocycles. The molecule has 4 aromatic rings. The Morgan fingerprint density at radius 1 is 1.15 bits per heavy atom. The van der Waals surface area contributed by atoms with Crippen LogP contribution in [0.4, 0.5) is 0 Å². The number of hydrogen-bond donors (Lipinski definition) is 0. The molecule has 27 heavy (non-hydrogen) atoms. The van der Waals surface area contributed by atoms with Gasteiger partial charge in [-0.1, -0.05) is 16.9 Å². The van der Waals surface area contributed by atoms with Gasteiger partial charge in [0, 0.05) is 12.5 Å². The van der Waals surface area contributed by atoms with Gasteiger partial charge in [0.15, 0.2) is 16.8 Å². The number of thioether (sulfide) groups is 1. The second-order valence-corrected chi connectivity index (χ2v) is 6.66. The van der Waals surface area contributed by atoms with E-state index in [0.717, 1.165) is 28.1 Å². The third-order valence-corrected chi connectivity index (χ3v) is 4.82. The predicted octanol–water partition coefficient (Wildman–Crippen LogP) is 3.58. The Kier molecular flexibility index (Phi) is 4.93. The molecule has 0 amide bonds. The van der Waals surface area contributed by atoms with Crippen molar-refractivity contribution in [3.63, 3.8) is 0 Å². The number of hydrogen-bond acceptors (Lipinski definition) is 8. The molecule has 0 aliphatic heterocycles. The van der Waals surface area contributed by atoms with E-state index in [9.17, 15) is 0 Å². The maximum absolute atomic E-state index is 5.51. The largest absolute Gasteiger partial charge is 0.497 e. The van der Waals surface area contributed by atoms with E-state index in [2.05, 4.69) is 20.3 Å². The van der Waals surface area contributed by atoms with Crippen molar-refractivity contribution in [2.45, 2.75) is 24.4 Å². The van der Waals surface area contributed by atoms with E-state index >= 15 is 0 Å². The van der Waals surface area contributed by atoms with Gasteiger partial charge < -0.3 is 13.7 Å². The van der Waals surface area contributed by atoms with Gasteiger partial charge in [0.2, 0.25) is 5.89 Å². The fourth-order valence-electron chi connectivity index (χ4n) is 2.58. The van der Waals surface area contributed by atoms with Crippen LogP contribution in [0.1, 0.15) is 17.5 Å². The summed E-state index contributed by atoms with van der Waals surface area (Å²) in [7, 11) is 1.64. The lowest BCUT2D eigenvalue weighted by molar-refractivity contribution is 0.389. The molecule has 0 aliphatic rings. The number of rotatable bonds is 7. The van der Waals surface area contributed by atoms with Crippen LogP contribution in [-0.2, 0) is 12.3 Å². The fraction of sp³-hybridized carbons (Fsp3) is 0.222. The second kappa shape index (κ2) is 7.67. The summed E-state index contributed by atoms with van der Waals surface area (Å²) in [5, 5.41) is 13.4. The van der Waals surface area contributed by atoms with Crippen molar-refractivity contribution in [3.05, 3.63) is 60.1 Å². The predicted molar refractivity (Wildman–Crippen MR) is 98.4 cm³/mol. The average Bonchev–Trinajstić information content (AvgIpc) is 3.43. The van der Waals surface area contributed by atoms with Gasteiger partial charge in [-0.05, 0) is 36.4 Å². The molecule has 0 aliphatic carbocycles. The van der Waals surface area contributed by atoms with Crippen molar-refractivity contribution in [2.24, 2.45) is 0 Å². The Balaban J connectivity index is 1.64. The maximum Gasteiger partial charge on any atom is 0.223 e. The monoisotopic (exact) mass is 383 g/mol. The van der Waals surface area contributed by atoms with Crippen molar-refractivity contribution in [1.29, 1.82) is 0 Å². The molecule has 0 fully saturated rings. The SMILES string of the molecule is COc1ccc(-c2nnc(SCc3noc(C)n3)n2Cc2ccco2)cc1. The summed E-state index contributed by atoms with van der Waals surface area (Å²) in [5.41, 5.74) is 0.942. The van der Waals surface area contributed by atoms with E-state index < -0.39 is 0 Å². The van der Waals surface area contributed by atoms with Gasteiger partial charge in [-0.3, -0.25) is 4.57 Å². The van der Waals surface area contributed by atoms with Crippen LogP contribution in [0.2, 0.25) is 0 Å². The molecule has 0 bridgehead atoms. The molecule has 3 heterocycles. The molecule has 3 aromatic heterocycles. The summed E-state index contributed by atoms with van der Waals surface area (Å²) < 4.78 is 17.8. The van der Waals surface area contributed by atoms with Crippen LogP contribution in [0.15, 0.2) is 56.8 Å². The Labute approximate surface area is 159 Å². The third-order valence-electron chi connectivity index (χ3n) is 3.86. The average molecular weight is 383 g/mol. The van der Waals surface area contributed by atoms with Crippen LogP contribution in [-0.4, -0.2) is 32.0 Å². The topological polar surface area (TPSA) is 92.0 Å². The van der Waals surface area contributed by atoms with Crippen LogP contribution in [0.3, 0.4) is 0 Å². The Morgan fingerprint density at radius 3 is 2.67 bits per heavy atom. The molecule has 0 saturated carbocycles. The highest BCUT2D eigenvalue weighted by Gasteiger charge is 2.17. The zero-order chi connectivity index (χ0) is 18.6. The molecule has 8 nitrogen and oxygen atoms in total. The lowest BCUT2D eigenvalue weighted by Gasteiger charge is -2.09. The lowest BCUT2D eigenvalue weighted by atomic mass is 10.2. The molecule has 4 rings (SSSR count). The normalized spacial score (nSPS) is 11.0. The number of aryl methyl sites for hydroxylation is 1. The number of nitrogens with zero attached hydrogens (tertiary/aromatic N) is 5. The minimum Gasteiger partial charge on any atom is -0.497 e. The summed E-state index contributed by atoms with van der Waals surface area (Å²) >= 11 is 1.50. The van der Waals surface area contributed by atoms with Crippen molar-refractivity contribution in [2.75, 3.05) is 7.11 Å². The zero-order valence-corrected chi connectivity index (χ0v) is 15.6. The fourth-order valence-corrected chi connectivity index (χ4v) is 3.36. The molecule has 0 spiro atoms. The first kappa shape index (κ1) is 17.3. The van der Waals surface area contributed by atoms with Crippen molar-refractivity contribution in [1.82, 2.24) is 24.9 Å². The van der Waals surface area contributed by atoms with E-state index in [0.29, 0.717) is 24.0 Å². The highest BCUT2D eigenvalue weighted by molar-refractivity contribution is 7.98. The van der Waals surface area contributed by atoms with E-state index in [4.69, 9.17) is 13.7 Å². The Hall–Kier alpha value is -3.07. The standard InChI is InChI=1S/C18H17N5O3S/c1-12-19-16(22-26-12)11-27-18-21-20-17(13-5-7-14(24-2)8-6-13)23(18)10-15-4-3-9-25-15/h3-9H,10-11H2,1-2H3. The summed E-state index contributed by atoms with van der Waals surface area (Å²) in [6, 6.07) is 11.5. The highest BCUT2D eigenvalue weighted by Crippen LogP contribution is 2.28. The Bertz CT molecular complexity index is 1010. The van der Waals surface area contributed by atoms with Crippen LogP contribution in [0.25, 0.3) is 11.4 Å². The molecule has 0 atom stereocenters. The summed E-state index contributed by atoms with van der Waals surface area (Å²) in [6.07, 6.45) is 1.65. The summed E-state index contributed by atoms with van der Waals surface area (Å²) in [4.78, 5) is 4.23. The van der Waals surface area contributed by atoms with Gasteiger partial charge in [-0.25, -0.2) is 0 Å². The molecular weight excluding hydrogens is 366 g/mol. The highest BCUT2D eigenvalue weighted by atomic mass is 32.2. The molecule has 0 radical (unpaired) electrons. The maximum atomic E-state index is 5.51. The number of benzene rings is 1. The van der Waals surface area contributed by atoms with Crippen molar-refractivity contribution >= 4 is 11.8 Å². The van der Waals surface area contributed by atoms with Gasteiger partial charge in [0.05, 0.1) is 25.7 Å². The van der Waals surface area contributed by atoms with Gasteiger partial charge >= 0.3 is 0 Å². The van der Waals surface area contributed by atoms with Gasteiger partial charge in [-0.2, -0.15) is 4.98 Å². The van der Waals surface area contributed by atoms with Crippen molar-refractivity contribution < 1.29 is 13.7 Å². The summed E-state index contributed by atoms with van der Waals surface area (Å²) in [6.45, 7) is 2.29. The van der Waals surface area contributed by atoms with E-state index in [1.165, 1.54) is 11.8 Å². The van der Waals surface area contributed by atoms with E-state index in [1.54, 1.807) is 20.3 Å². The minimum absolute atomic E-state index is 0.523. The first-order chi connectivity index (χ1) is 13.2. The molecule has 138 valence electrons. The zero-order valence-electron chi connectivity index (χ0n) is 14.8. The Morgan fingerprint density at radius 2 is 2.00 bits per heavy atom. The van der Waals surface area contributed by atoms with Crippen LogP contribution >= 0.6 is 11.8 Å². The van der Waals surface area contributed by atoms with Crippen LogP contribution < -0.4 is 4.74 Å². The quantitative estimate of drug-likeness (QED) is 0.447. The second-order valence-electron chi connectivity index (χ2n) is 5.72. The smallest absolute Gasteiger partial charge is 0.223 e. The van der Waals surface area contributed by atoms with Crippen molar-refractivity contribution in [3.8, 4) is 17.1 Å². The van der Waals surface area contributed by atoms with Gasteiger partial charge in [-0.15, -0.1) is 10.2 Å². The number of aromatic nitrogens is 5. The third kappa shape index (κ3) is 3.87.